The van der Waals surface area contributed by atoms with E-state index in [1.165, 1.54) is 78.5 Å². The molecule has 0 radical (unpaired) electrons. The van der Waals surface area contributed by atoms with Gasteiger partial charge in [0.05, 0.1) is 0 Å². The number of hydrogen-bond acceptors (Lipinski definition) is 2. The van der Waals surface area contributed by atoms with Gasteiger partial charge in [0, 0.05) is 75.7 Å². The van der Waals surface area contributed by atoms with Crippen LogP contribution in [0.25, 0.3) is 22.3 Å². The van der Waals surface area contributed by atoms with Crippen LogP contribution in [0.15, 0.2) is 157 Å². The fourth-order valence-electron chi connectivity index (χ4n) is 7.84. The van der Waals surface area contributed by atoms with E-state index in [9.17, 15) is 0 Å². The van der Waals surface area contributed by atoms with Crippen LogP contribution >= 0.6 is 0 Å². The van der Waals surface area contributed by atoms with Crippen molar-refractivity contribution >= 4 is 33.9 Å². The zero-order chi connectivity index (χ0) is 36.5. The summed E-state index contributed by atoms with van der Waals surface area (Å²) in [6.45, 7) is 0. The van der Waals surface area contributed by atoms with Gasteiger partial charge < -0.3 is 9.80 Å². The van der Waals surface area contributed by atoms with Crippen molar-refractivity contribution in [3.8, 4) is 11.1 Å². The van der Waals surface area contributed by atoms with E-state index in [4.69, 9.17) is 0 Å². The Bertz CT molecular complexity index is 2060. The van der Waals surface area contributed by atoms with Gasteiger partial charge >= 0.3 is 0 Å². The molecular formula is C48H50N4+2. The summed E-state index contributed by atoms with van der Waals surface area (Å²) in [4.78, 5) is 4.34. The molecule has 0 N–H and O–H groups in total. The molecule has 2 atom stereocenters. The highest BCUT2D eigenvalue weighted by Gasteiger charge is 2.40. The second-order valence-electron chi connectivity index (χ2n) is 14.7. The quantitative estimate of drug-likeness (QED) is 0.188. The Kier molecular flexibility index (Phi) is 9.66. The van der Waals surface area contributed by atoms with Crippen LogP contribution in [-0.4, -0.2) is 77.0 Å². The lowest BCUT2D eigenvalue weighted by atomic mass is 9.62. The zero-order valence-electron chi connectivity index (χ0n) is 31.8. The van der Waals surface area contributed by atoms with Crippen LogP contribution in [0.4, 0.5) is 11.4 Å². The largest absolute Gasteiger partial charge is 0.378 e. The van der Waals surface area contributed by atoms with E-state index in [0.29, 0.717) is 0 Å². The van der Waals surface area contributed by atoms with Crippen molar-refractivity contribution in [2.24, 2.45) is 0 Å². The van der Waals surface area contributed by atoms with E-state index in [-0.39, 0.29) is 11.8 Å². The van der Waals surface area contributed by atoms with E-state index in [1.807, 2.05) is 0 Å². The maximum absolute atomic E-state index is 2.37. The summed E-state index contributed by atoms with van der Waals surface area (Å²) in [5, 5.41) is 0. The van der Waals surface area contributed by atoms with Crippen LogP contribution in [-0.2, 0) is 0 Å². The Balaban J connectivity index is 1.58. The molecule has 4 aromatic rings. The first-order valence-corrected chi connectivity index (χ1v) is 18.2. The molecular weight excluding hydrogens is 633 g/mol. The molecule has 0 spiro atoms. The van der Waals surface area contributed by atoms with E-state index in [1.54, 1.807) is 0 Å². The van der Waals surface area contributed by atoms with Crippen molar-refractivity contribution in [2.45, 2.75) is 11.8 Å². The van der Waals surface area contributed by atoms with Crippen LogP contribution < -0.4 is 9.80 Å². The molecule has 0 heterocycles. The maximum atomic E-state index is 2.37. The smallest absolute Gasteiger partial charge is 0.199 e. The van der Waals surface area contributed by atoms with E-state index in [0.717, 1.165) is 0 Å². The number of nitrogens with zero attached hydrogens (tertiary/aromatic N) is 4. The van der Waals surface area contributed by atoms with Crippen LogP contribution in [0.2, 0.25) is 0 Å². The number of allylic oxidation sites excluding steroid dienone is 12. The minimum Gasteiger partial charge on any atom is -0.378 e. The van der Waals surface area contributed by atoms with Crippen molar-refractivity contribution in [1.82, 2.24) is 0 Å². The van der Waals surface area contributed by atoms with Gasteiger partial charge in [-0.2, -0.15) is 0 Å². The van der Waals surface area contributed by atoms with Gasteiger partial charge in [-0.3, -0.25) is 0 Å². The molecule has 0 aliphatic heterocycles. The van der Waals surface area contributed by atoms with Gasteiger partial charge in [0.2, 0.25) is 0 Å². The normalized spacial score (nSPS) is 17.2. The monoisotopic (exact) mass is 682 g/mol. The third kappa shape index (κ3) is 6.57. The first kappa shape index (κ1) is 34.7. The van der Waals surface area contributed by atoms with E-state index >= 15 is 0 Å². The standard InChI is InChI=1S/C48H50N4/c1-49(2)37-25-17-33(18-26-37)45(34-19-27-38(28-20-34)50(3)4)47-43-15-11-9-13-41(43)42-14-10-12-16-44(42)48(47)46(35-21-29-39(30-22-35)51(5)6)36-23-31-40(32-24-36)52(7)8/h9-32,47-48H,1-8H3/q+2. The first-order valence-electron chi connectivity index (χ1n) is 18.2. The predicted molar refractivity (Wildman–Crippen MR) is 224 cm³/mol. The second kappa shape index (κ2) is 14.5. The molecule has 2 unspecified atom stereocenters. The molecule has 3 aliphatic carbocycles. The number of fused-ring (bicyclic) bond motifs is 3. The Hall–Kier alpha value is -5.74. The highest BCUT2D eigenvalue weighted by molar-refractivity contribution is 6.05. The Morgan fingerprint density at radius 3 is 1.06 bits per heavy atom. The lowest BCUT2D eigenvalue weighted by molar-refractivity contribution is -0.462. The average molecular weight is 683 g/mol. The summed E-state index contributed by atoms with van der Waals surface area (Å²) in [6.07, 6.45) is 18.3. The van der Waals surface area contributed by atoms with Gasteiger partial charge in [-0.1, -0.05) is 72.8 Å². The maximum Gasteiger partial charge on any atom is 0.199 e. The molecule has 0 amide bonds. The fourth-order valence-corrected chi connectivity index (χ4v) is 7.84. The minimum atomic E-state index is 0.0126. The number of benzene rings is 4. The van der Waals surface area contributed by atoms with Gasteiger partial charge in [0.25, 0.3) is 0 Å². The van der Waals surface area contributed by atoms with Crippen molar-refractivity contribution in [2.75, 3.05) is 66.2 Å². The Morgan fingerprint density at radius 1 is 0.423 bits per heavy atom. The molecule has 4 nitrogen and oxygen atoms in total. The van der Waals surface area contributed by atoms with Crippen LogP contribution in [0.5, 0.6) is 0 Å². The van der Waals surface area contributed by atoms with Crippen LogP contribution in [0, 0.1) is 0 Å². The van der Waals surface area contributed by atoms with Crippen molar-refractivity contribution in [3.05, 3.63) is 179 Å². The highest BCUT2D eigenvalue weighted by Crippen LogP contribution is 2.58. The van der Waals surface area contributed by atoms with Gasteiger partial charge in [0.15, 0.2) is 11.4 Å². The SMILES string of the molecule is CN(C)c1ccc(C(=C2C=CC(=[N+](C)C)C=C2)C2c3ccccc3-c3ccccc3C2C(=C2C=CC(=[N+](C)C)C=C2)c2ccc(N(C)C)cc2)cc1. The van der Waals surface area contributed by atoms with Crippen molar-refractivity contribution in [3.63, 3.8) is 0 Å². The molecule has 3 aliphatic rings. The average Bonchev–Trinajstić information content (AvgIpc) is 3.16. The number of rotatable bonds is 6. The third-order valence-electron chi connectivity index (χ3n) is 10.6. The predicted octanol–water partition coefficient (Wildman–Crippen LogP) is 9.25. The van der Waals surface area contributed by atoms with E-state index in [2.05, 4.69) is 221 Å². The summed E-state index contributed by atoms with van der Waals surface area (Å²) in [5.74, 6) is 0.0251. The molecule has 4 heteroatoms. The Morgan fingerprint density at radius 2 is 0.750 bits per heavy atom. The van der Waals surface area contributed by atoms with Gasteiger partial charge in [-0.25, -0.2) is 9.15 Å². The molecule has 7 rings (SSSR count). The molecule has 0 aromatic heterocycles. The lowest BCUT2D eigenvalue weighted by Crippen LogP contribution is -2.23. The summed E-state index contributed by atoms with van der Waals surface area (Å²) in [5.41, 5.74) is 17.6. The number of anilines is 2. The van der Waals surface area contributed by atoms with Gasteiger partial charge in [-0.15, -0.1) is 0 Å². The molecule has 52 heavy (non-hydrogen) atoms. The zero-order valence-corrected chi connectivity index (χ0v) is 31.8. The van der Waals surface area contributed by atoms with Crippen LogP contribution in [0.1, 0.15) is 34.1 Å². The van der Waals surface area contributed by atoms with Crippen molar-refractivity contribution < 1.29 is 9.15 Å². The summed E-state index contributed by atoms with van der Waals surface area (Å²) >= 11 is 0. The highest BCUT2D eigenvalue weighted by atomic mass is 15.1. The summed E-state index contributed by atoms with van der Waals surface area (Å²) < 4.78 is 4.34. The molecule has 0 saturated carbocycles. The molecule has 260 valence electrons. The van der Waals surface area contributed by atoms with Gasteiger partial charge in [-0.05, 0) is 104 Å². The molecule has 0 bridgehead atoms. The first-order chi connectivity index (χ1) is 25.1. The topological polar surface area (TPSA) is 12.5 Å². The molecule has 4 aromatic carbocycles. The second-order valence-corrected chi connectivity index (χ2v) is 14.7. The number of hydrogen-bond donors (Lipinski definition) is 0. The van der Waals surface area contributed by atoms with Crippen molar-refractivity contribution in [1.29, 1.82) is 0 Å². The Labute approximate surface area is 310 Å². The summed E-state index contributed by atoms with van der Waals surface area (Å²) in [7, 11) is 16.8. The van der Waals surface area contributed by atoms with Gasteiger partial charge in [0.1, 0.15) is 28.2 Å². The fraction of sp³-hybridized carbons (Fsp3) is 0.208. The third-order valence-corrected chi connectivity index (χ3v) is 10.6. The lowest BCUT2D eigenvalue weighted by Gasteiger charge is -2.40. The summed E-state index contributed by atoms with van der Waals surface area (Å²) in [6, 6.07) is 36.5. The van der Waals surface area contributed by atoms with E-state index < -0.39 is 0 Å². The molecule has 0 saturated heterocycles. The van der Waals surface area contributed by atoms with Crippen LogP contribution in [0.3, 0.4) is 0 Å². The minimum absolute atomic E-state index is 0.0126. The molecule has 0 fully saturated rings.